The van der Waals surface area contributed by atoms with Crippen molar-refractivity contribution in [2.45, 2.75) is 51.1 Å². The van der Waals surface area contributed by atoms with Gasteiger partial charge < -0.3 is 10.1 Å². The summed E-state index contributed by atoms with van der Waals surface area (Å²) in [5, 5.41) is 3.57. The summed E-state index contributed by atoms with van der Waals surface area (Å²) >= 11 is 0. The summed E-state index contributed by atoms with van der Waals surface area (Å²) in [6.07, 6.45) is 5.25. The van der Waals surface area contributed by atoms with Crippen molar-refractivity contribution in [3.05, 3.63) is 0 Å². The minimum atomic E-state index is 0.247. The third-order valence-corrected chi connectivity index (χ3v) is 4.66. The molecule has 2 aliphatic rings. The van der Waals surface area contributed by atoms with Crippen LogP contribution in [-0.2, 0) is 4.74 Å². The van der Waals surface area contributed by atoms with Gasteiger partial charge in [0.2, 0.25) is 0 Å². The Hall–Kier alpha value is -0.120. The van der Waals surface area contributed by atoms with Crippen molar-refractivity contribution >= 4 is 0 Å². The van der Waals surface area contributed by atoms with Crippen LogP contribution >= 0.6 is 0 Å². The molecule has 0 saturated carbocycles. The highest BCUT2D eigenvalue weighted by molar-refractivity contribution is 4.98. The van der Waals surface area contributed by atoms with Gasteiger partial charge >= 0.3 is 0 Å². The molecule has 0 aromatic carbocycles. The van der Waals surface area contributed by atoms with Crippen LogP contribution < -0.4 is 5.32 Å². The maximum Gasteiger partial charge on any atom is 0.0509 e. The van der Waals surface area contributed by atoms with Crippen molar-refractivity contribution in [3.8, 4) is 0 Å². The number of nitrogens with zero attached hydrogens (tertiary/aromatic N) is 1. The van der Waals surface area contributed by atoms with E-state index in [4.69, 9.17) is 4.74 Å². The maximum atomic E-state index is 5.66. The van der Waals surface area contributed by atoms with Gasteiger partial charge in [-0.15, -0.1) is 0 Å². The molecule has 0 spiro atoms. The van der Waals surface area contributed by atoms with E-state index in [0.29, 0.717) is 12.0 Å². The van der Waals surface area contributed by atoms with Crippen LogP contribution in [0.1, 0.15) is 39.5 Å². The molecule has 3 nitrogen and oxygen atoms in total. The highest BCUT2D eigenvalue weighted by Gasteiger charge is 2.40. The van der Waals surface area contributed by atoms with Crippen molar-refractivity contribution in [1.82, 2.24) is 10.2 Å². The van der Waals surface area contributed by atoms with Gasteiger partial charge in [-0.3, -0.25) is 4.90 Å². The predicted molar refractivity (Wildman–Crippen MR) is 71.3 cm³/mol. The molecule has 0 bridgehead atoms. The Labute approximate surface area is 106 Å². The minimum Gasteiger partial charge on any atom is -0.381 e. The van der Waals surface area contributed by atoms with E-state index in [1.807, 2.05) is 0 Å². The fraction of sp³-hybridized carbons (Fsp3) is 1.00. The second kappa shape index (κ2) is 5.68. The highest BCUT2D eigenvalue weighted by atomic mass is 16.5. The molecule has 0 amide bonds. The lowest BCUT2D eigenvalue weighted by atomic mass is 9.80. The van der Waals surface area contributed by atoms with Crippen LogP contribution in [-0.4, -0.2) is 49.8 Å². The van der Waals surface area contributed by atoms with Gasteiger partial charge in [-0.2, -0.15) is 0 Å². The molecule has 1 N–H and O–H groups in total. The molecule has 17 heavy (non-hydrogen) atoms. The normalized spacial score (nSPS) is 29.5. The Morgan fingerprint density at radius 1 is 1.24 bits per heavy atom. The summed E-state index contributed by atoms with van der Waals surface area (Å²) < 4.78 is 5.66. The molecular weight excluding hydrogens is 212 g/mol. The van der Waals surface area contributed by atoms with Crippen LogP contribution in [0.5, 0.6) is 0 Å². The molecule has 2 fully saturated rings. The van der Waals surface area contributed by atoms with Crippen LogP contribution in [0.3, 0.4) is 0 Å². The molecule has 0 aromatic rings. The Balaban J connectivity index is 2.04. The lowest BCUT2D eigenvalue weighted by molar-refractivity contribution is 0.000323. The van der Waals surface area contributed by atoms with Crippen LogP contribution in [0.4, 0.5) is 0 Å². The quantitative estimate of drug-likeness (QED) is 0.812. The number of likely N-dealkylation sites (tertiary alicyclic amines) is 1. The van der Waals surface area contributed by atoms with Crippen LogP contribution in [0, 0.1) is 5.92 Å². The summed E-state index contributed by atoms with van der Waals surface area (Å²) in [7, 11) is 2.11. The van der Waals surface area contributed by atoms with Crippen molar-refractivity contribution in [2.75, 3.05) is 33.4 Å². The first kappa shape index (κ1) is 13.3. The molecule has 2 rings (SSSR count). The molecule has 100 valence electrons. The summed E-state index contributed by atoms with van der Waals surface area (Å²) in [5.41, 5.74) is 0.247. The number of ether oxygens (including phenoxy) is 1. The Morgan fingerprint density at radius 3 is 2.47 bits per heavy atom. The van der Waals surface area contributed by atoms with Crippen LogP contribution in [0.15, 0.2) is 0 Å². The molecule has 2 atom stereocenters. The first-order valence-electron chi connectivity index (χ1n) is 7.16. The standard InChI is InChI=1S/C14H28N2O/c1-14(2,16-8-4-5-9-16)13(15-3)12-7-6-10-17-11-12/h12-13,15H,4-11H2,1-3H3. The van der Waals surface area contributed by atoms with Gasteiger partial charge in [-0.1, -0.05) is 0 Å². The third kappa shape index (κ3) is 2.83. The van der Waals surface area contributed by atoms with E-state index in [2.05, 4.69) is 31.1 Å². The lowest BCUT2D eigenvalue weighted by Crippen LogP contribution is -2.60. The van der Waals surface area contributed by atoms with Gasteiger partial charge in [0.1, 0.15) is 0 Å². The zero-order valence-corrected chi connectivity index (χ0v) is 11.7. The maximum absolute atomic E-state index is 5.66. The van der Waals surface area contributed by atoms with Crippen molar-refractivity contribution in [3.63, 3.8) is 0 Å². The third-order valence-electron chi connectivity index (χ3n) is 4.66. The van der Waals surface area contributed by atoms with Gasteiger partial charge in [-0.05, 0) is 65.6 Å². The molecule has 2 heterocycles. The summed E-state index contributed by atoms with van der Waals surface area (Å²) in [4.78, 5) is 2.66. The Morgan fingerprint density at radius 2 is 1.94 bits per heavy atom. The minimum absolute atomic E-state index is 0.247. The molecule has 2 aliphatic heterocycles. The van der Waals surface area contributed by atoms with Gasteiger partial charge in [-0.25, -0.2) is 0 Å². The Bertz CT molecular complexity index is 230. The first-order valence-corrected chi connectivity index (χ1v) is 7.16. The van der Waals surface area contributed by atoms with Gasteiger partial charge in [0.15, 0.2) is 0 Å². The smallest absolute Gasteiger partial charge is 0.0509 e. The Kier molecular flexibility index (Phi) is 4.45. The van der Waals surface area contributed by atoms with E-state index in [1.54, 1.807) is 0 Å². The fourth-order valence-corrected chi connectivity index (χ4v) is 3.68. The zero-order valence-electron chi connectivity index (χ0n) is 11.7. The van der Waals surface area contributed by atoms with E-state index in [1.165, 1.54) is 38.8 Å². The summed E-state index contributed by atoms with van der Waals surface area (Å²) in [5.74, 6) is 0.671. The molecule has 0 radical (unpaired) electrons. The average molecular weight is 240 g/mol. The van der Waals surface area contributed by atoms with Crippen molar-refractivity contribution < 1.29 is 4.74 Å². The second-order valence-electron chi connectivity index (χ2n) is 6.09. The second-order valence-corrected chi connectivity index (χ2v) is 6.09. The van der Waals surface area contributed by atoms with Crippen LogP contribution in [0.2, 0.25) is 0 Å². The average Bonchev–Trinajstić information content (AvgIpc) is 2.85. The fourth-order valence-electron chi connectivity index (χ4n) is 3.68. The van der Waals surface area contributed by atoms with Crippen molar-refractivity contribution in [1.29, 1.82) is 0 Å². The zero-order chi connectivity index (χ0) is 12.3. The van der Waals surface area contributed by atoms with Crippen molar-refractivity contribution in [2.24, 2.45) is 5.92 Å². The molecule has 3 heteroatoms. The molecule has 2 unspecified atom stereocenters. The molecule has 0 aromatic heterocycles. The first-order chi connectivity index (χ1) is 8.16. The van der Waals surface area contributed by atoms with E-state index < -0.39 is 0 Å². The number of hydrogen-bond acceptors (Lipinski definition) is 3. The largest absolute Gasteiger partial charge is 0.381 e. The number of rotatable bonds is 4. The topological polar surface area (TPSA) is 24.5 Å². The SMILES string of the molecule is CNC(C1CCCOC1)C(C)(C)N1CCCC1. The molecular formula is C14H28N2O. The lowest BCUT2D eigenvalue weighted by Gasteiger charge is -2.46. The number of likely N-dealkylation sites (N-methyl/N-ethyl adjacent to an activating group) is 1. The van der Waals surface area contributed by atoms with Crippen LogP contribution in [0.25, 0.3) is 0 Å². The number of nitrogens with one attached hydrogen (secondary N) is 1. The summed E-state index contributed by atoms with van der Waals surface area (Å²) in [6, 6.07) is 0.542. The monoisotopic (exact) mass is 240 g/mol. The van der Waals surface area contributed by atoms with Gasteiger partial charge in [0.25, 0.3) is 0 Å². The van der Waals surface area contributed by atoms with Gasteiger partial charge in [0, 0.05) is 18.2 Å². The van der Waals surface area contributed by atoms with E-state index >= 15 is 0 Å². The van der Waals surface area contributed by atoms with E-state index in [-0.39, 0.29) is 5.54 Å². The van der Waals surface area contributed by atoms with Gasteiger partial charge in [0.05, 0.1) is 6.61 Å². The van der Waals surface area contributed by atoms with E-state index in [9.17, 15) is 0 Å². The highest BCUT2D eigenvalue weighted by Crippen LogP contribution is 2.31. The van der Waals surface area contributed by atoms with E-state index in [0.717, 1.165) is 13.2 Å². The molecule has 2 saturated heterocycles. The summed E-state index contributed by atoms with van der Waals surface area (Å²) in [6.45, 7) is 9.21. The number of hydrogen-bond donors (Lipinski definition) is 1. The predicted octanol–water partition coefficient (Wildman–Crippen LogP) is 1.88. The molecule has 0 aliphatic carbocycles.